The Bertz CT molecular complexity index is 306. The number of carbonyl (C=O) groups excluding carboxylic acids is 1. The van der Waals surface area contributed by atoms with Crippen LogP contribution in [0, 0.1) is 11.3 Å². The predicted octanol–water partition coefficient (Wildman–Crippen LogP) is 1.73. The van der Waals surface area contributed by atoms with E-state index in [0.29, 0.717) is 6.10 Å². The molecule has 1 aliphatic carbocycles. The molecule has 4 nitrogen and oxygen atoms in total. The van der Waals surface area contributed by atoms with E-state index < -0.39 is 0 Å². The third-order valence-electron chi connectivity index (χ3n) is 4.46. The van der Waals surface area contributed by atoms with Crippen LogP contribution in [0.2, 0.25) is 0 Å². The molecule has 0 aromatic carbocycles. The highest BCUT2D eigenvalue weighted by atomic mass is 35.5. The number of unbranched alkanes of at least 4 members (excludes halogenated alkanes) is 1. The van der Waals surface area contributed by atoms with Crippen molar-refractivity contribution in [2.24, 2.45) is 11.3 Å². The Morgan fingerprint density at radius 2 is 2.11 bits per heavy atom. The van der Waals surface area contributed by atoms with Crippen molar-refractivity contribution in [1.29, 1.82) is 0 Å². The zero-order valence-electron chi connectivity index (χ0n) is 12.2. The predicted molar refractivity (Wildman–Crippen MR) is 78.6 cm³/mol. The van der Waals surface area contributed by atoms with Gasteiger partial charge in [-0.05, 0) is 12.8 Å². The number of amides is 1. The van der Waals surface area contributed by atoms with Gasteiger partial charge in [0.2, 0.25) is 5.91 Å². The molecule has 5 heteroatoms. The molecule has 19 heavy (non-hydrogen) atoms. The van der Waals surface area contributed by atoms with Crippen molar-refractivity contribution in [3.05, 3.63) is 0 Å². The second kappa shape index (κ2) is 6.91. The number of ether oxygens (including phenoxy) is 1. The highest BCUT2D eigenvalue weighted by molar-refractivity contribution is 5.85. The van der Waals surface area contributed by atoms with Crippen LogP contribution in [0.15, 0.2) is 0 Å². The molecule has 2 aliphatic rings. The molecule has 1 amide bonds. The van der Waals surface area contributed by atoms with E-state index in [9.17, 15) is 4.79 Å². The topological polar surface area (TPSA) is 50.4 Å². The molecule has 2 N–H and O–H groups in total. The van der Waals surface area contributed by atoms with Gasteiger partial charge in [0, 0.05) is 31.2 Å². The Labute approximate surface area is 122 Å². The minimum atomic E-state index is 0. The van der Waals surface area contributed by atoms with Crippen molar-refractivity contribution in [3.8, 4) is 0 Å². The second-order valence-corrected chi connectivity index (χ2v) is 6.19. The molecule has 0 aromatic rings. The molecule has 0 bridgehead atoms. The van der Waals surface area contributed by atoms with Crippen LogP contribution in [0.1, 0.15) is 40.0 Å². The summed E-state index contributed by atoms with van der Waals surface area (Å²) in [6.07, 6.45) is 3.55. The third kappa shape index (κ3) is 3.61. The van der Waals surface area contributed by atoms with Gasteiger partial charge < -0.3 is 15.4 Å². The van der Waals surface area contributed by atoms with Crippen molar-refractivity contribution >= 4 is 18.3 Å². The quantitative estimate of drug-likeness (QED) is 0.733. The van der Waals surface area contributed by atoms with E-state index in [1.165, 1.54) is 6.42 Å². The maximum atomic E-state index is 11.9. The fourth-order valence-electron chi connectivity index (χ4n) is 2.55. The summed E-state index contributed by atoms with van der Waals surface area (Å²) in [7, 11) is 0. The van der Waals surface area contributed by atoms with Gasteiger partial charge in [-0.15, -0.1) is 12.4 Å². The van der Waals surface area contributed by atoms with Crippen LogP contribution < -0.4 is 10.6 Å². The highest BCUT2D eigenvalue weighted by Crippen LogP contribution is 2.43. The van der Waals surface area contributed by atoms with E-state index in [1.807, 2.05) is 0 Å². The van der Waals surface area contributed by atoms with E-state index in [1.54, 1.807) is 0 Å². The molecule has 0 aromatic heterocycles. The van der Waals surface area contributed by atoms with E-state index in [0.717, 1.165) is 32.5 Å². The molecule has 2 atom stereocenters. The van der Waals surface area contributed by atoms with Crippen LogP contribution in [0.4, 0.5) is 0 Å². The lowest BCUT2D eigenvalue weighted by Crippen LogP contribution is -2.64. The smallest absolute Gasteiger partial charge is 0.225 e. The normalized spacial score (nSPS) is 28.8. The number of hydrogen-bond acceptors (Lipinski definition) is 3. The van der Waals surface area contributed by atoms with Crippen LogP contribution >= 0.6 is 12.4 Å². The maximum Gasteiger partial charge on any atom is 0.225 e. The Balaban J connectivity index is 0.00000180. The van der Waals surface area contributed by atoms with Crippen LogP contribution in [0.25, 0.3) is 0 Å². The zero-order chi connectivity index (χ0) is 13.2. The number of hydrogen-bond donors (Lipinski definition) is 2. The zero-order valence-corrected chi connectivity index (χ0v) is 13.0. The minimum absolute atomic E-state index is 0. The average molecular weight is 291 g/mol. The molecule has 2 unspecified atom stereocenters. The highest BCUT2D eigenvalue weighted by Gasteiger charge is 2.50. The molecular formula is C14H27ClN2O2. The molecular weight excluding hydrogens is 264 g/mol. The monoisotopic (exact) mass is 290 g/mol. The van der Waals surface area contributed by atoms with Gasteiger partial charge in [-0.3, -0.25) is 4.79 Å². The second-order valence-electron chi connectivity index (χ2n) is 6.19. The maximum absolute atomic E-state index is 11.9. The summed E-state index contributed by atoms with van der Waals surface area (Å²) in [5, 5.41) is 6.30. The standard InChI is InChI=1S/C14H26N2O2.ClH/c1-4-5-6-18-12-7-11(14(12,2)3)16-13(17)10-8-15-9-10;/h10-12,15H,4-9H2,1-3H3,(H,16,17);1H. The Kier molecular flexibility index (Phi) is 6.09. The van der Waals surface area contributed by atoms with Crippen molar-refractivity contribution in [1.82, 2.24) is 10.6 Å². The summed E-state index contributed by atoms with van der Waals surface area (Å²) in [4.78, 5) is 11.9. The van der Waals surface area contributed by atoms with Crippen molar-refractivity contribution < 1.29 is 9.53 Å². The van der Waals surface area contributed by atoms with Gasteiger partial charge >= 0.3 is 0 Å². The number of carbonyl (C=O) groups is 1. The van der Waals surface area contributed by atoms with Crippen LogP contribution in [-0.2, 0) is 9.53 Å². The Morgan fingerprint density at radius 3 is 2.58 bits per heavy atom. The third-order valence-corrected chi connectivity index (χ3v) is 4.46. The number of halogens is 1. The molecule has 1 saturated carbocycles. The molecule has 2 fully saturated rings. The average Bonchev–Trinajstić information content (AvgIpc) is 2.24. The van der Waals surface area contributed by atoms with Crippen molar-refractivity contribution in [2.75, 3.05) is 19.7 Å². The van der Waals surface area contributed by atoms with Gasteiger partial charge in [0.15, 0.2) is 0 Å². The van der Waals surface area contributed by atoms with E-state index in [4.69, 9.17) is 4.74 Å². The largest absolute Gasteiger partial charge is 0.378 e. The summed E-state index contributed by atoms with van der Waals surface area (Å²) in [5.74, 6) is 0.389. The van der Waals surface area contributed by atoms with Gasteiger partial charge in [-0.2, -0.15) is 0 Å². The summed E-state index contributed by atoms with van der Waals surface area (Å²) < 4.78 is 5.88. The number of rotatable bonds is 6. The van der Waals surface area contributed by atoms with Crippen LogP contribution in [0.5, 0.6) is 0 Å². The lowest BCUT2D eigenvalue weighted by atomic mass is 9.64. The molecule has 0 spiro atoms. The summed E-state index contributed by atoms with van der Waals surface area (Å²) >= 11 is 0. The first kappa shape index (κ1) is 16.7. The van der Waals surface area contributed by atoms with Crippen molar-refractivity contribution in [2.45, 2.75) is 52.2 Å². The lowest BCUT2D eigenvalue weighted by molar-refractivity contribution is -0.142. The molecule has 1 heterocycles. The van der Waals surface area contributed by atoms with Gasteiger partial charge in [-0.25, -0.2) is 0 Å². The van der Waals surface area contributed by atoms with Crippen LogP contribution in [-0.4, -0.2) is 37.7 Å². The first-order valence-electron chi connectivity index (χ1n) is 7.18. The summed E-state index contributed by atoms with van der Waals surface area (Å²) in [5.41, 5.74) is 0.0700. The summed E-state index contributed by atoms with van der Waals surface area (Å²) in [6.45, 7) is 9.06. The summed E-state index contributed by atoms with van der Waals surface area (Å²) in [6, 6.07) is 0.275. The number of nitrogens with one attached hydrogen (secondary N) is 2. The Morgan fingerprint density at radius 1 is 1.42 bits per heavy atom. The van der Waals surface area contributed by atoms with E-state index >= 15 is 0 Å². The van der Waals surface area contributed by atoms with Gasteiger partial charge in [0.25, 0.3) is 0 Å². The molecule has 112 valence electrons. The van der Waals surface area contributed by atoms with E-state index in [2.05, 4.69) is 31.4 Å². The lowest BCUT2D eigenvalue weighted by Gasteiger charge is -2.52. The van der Waals surface area contributed by atoms with Crippen molar-refractivity contribution in [3.63, 3.8) is 0 Å². The fourth-order valence-corrected chi connectivity index (χ4v) is 2.55. The first-order valence-corrected chi connectivity index (χ1v) is 7.18. The Hall–Kier alpha value is -0.320. The molecule has 2 rings (SSSR count). The first-order chi connectivity index (χ1) is 8.55. The molecule has 1 saturated heterocycles. The van der Waals surface area contributed by atoms with Crippen LogP contribution in [0.3, 0.4) is 0 Å². The van der Waals surface area contributed by atoms with Gasteiger partial charge in [0.1, 0.15) is 0 Å². The fraction of sp³-hybridized carbons (Fsp3) is 0.929. The van der Waals surface area contributed by atoms with E-state index in [-0.39, 0.29) is 35.7 Å². The molecule has 1 aliphatic heterocycles. The van der Waals surface area contributed by atoms with Gasteiger partial charge in [-0.1, -0.05) is 27.2 Å². The van der Waals surface area contributed by atoms with Gasteiger partial charge in [0.05, 0.1) is 12.0 Å². The minimum Gasteiger partial charge on any atom is -0.378 e. The molecule has 0 radical (unpaired) electrons. The SMILES string of the molecule is CCCCOC1CC(NC(=O)C2CNC2)C1(C)C.Cl.